The summed E-state index contributed by atoms with van der Waals surface area (Å²) in [6.45, 7) is 0.548. The van der Waals surface area contributed by atoms with Crippen molar-refractivity contribution in [1.82, 2.24) is 15.0 Å². The van der Waals surface area contributed by atoms with Crippen LogP contribution in [0, 0.1) is 5.82 Å². The molecule has 0 spiro atoms. The van der Waals surface area contributed by atoms with Crippen LogP contribution in [0.2, 0.25) is 0 Å². The second-order valence-corrected chi connectivity index (χ2v) is 7.47. The molecule has 0 unspecified atom stereocenters. The summed E-state index contributed by atoms with van der Waals surface area (Å²) in [6, 6.07) is 8.48. The minimum Gasteiger partial charge on any atom is -0.481 e. The van der Waals surface area contributed by atoms with E-state index in [-0.39, 0.29) is 24.2 Å². The van der Waals surface area contributed by atoms with Gasteiger partial charge in [0, 0.05) is 31.4 Å². The first kappa shape index (κ1) is 21.8. The highest BCUT2D eigenvalue weighted by molar-refractivity contribution is 5.53. The molecule has 2 aromatic heterocycles. The zero-order valence-corrected chi connectivity index (χ0v) is 17.2. The second kappa shape index (κ2) is 8.97. The van der Waals surface area contributed by atoms with Gasteiger partial charge in [-0.15, -0.1) is 0 Å². The third kappa shape index (κ3) is 5.06. The Morgan fingerprint density at radius 3 is 2.47 bits per heavy atom. The summed E-state index contributed by atoms with van der Waals surface area (Å²) in [4.78, 5) is 13.9. The number of anilines is 2. The van der Waals surface area contributed by atoms with Crippen molar-refractivity contribution in [1.29, 1.82) is 0 Å². The molecule has 6 nitrogen and oxygen atoms in total. The van der Waals surface area contributed by atoms with Crippen LogP contribution in [0.25, 0.3) is 0 Å². The Balaban J connectivity index is 1.52. The van der Waals surface area contributed by atoms with E-state index in [9.17, 15) is 13.2 Å². The van der Waals surface area contributed by atoms with Gasteiger partial charge in [0.1, 0.15) is 6.33 Å². The predicted molar refractivity (Wildman–Crippen MR) is 111 cm³/mol. The fourth-order valence-corrected chi connectivity index (χ4v) is 3.30. The Morgan fingerprint density at radius 1 is 1.06 bits per heavy atom. The normalized spacial score (nSPS) is 13.7. The zero-order valence-electron chi connectivity index (χ0n) is 17.2. The predicted octanol–water partition coefficient (Wildman–Crippen LogP) is 4.82. The Hall–Kier alpha value is -3.43. The maximum Gasteiger partial charge on any atom is 0.416 e. The van der Waals surface area contributed by atoms with Gasteiger partial charge in [0.05, 0.1) is 12.7 Å². The Kier molecular flexibility index (Phi) is 6.11. The summed E-state index contributed by atoms with van der Waals surface area (Å²) in [5.74, 6) is 0.0120. The summed E-state index contributed by atoms with van der Waals surface area (Å²) >= 11 is 0. The van der Waals surface area contributed by atoms with Crippen molar-refractivity contribution in [2.24, 2.45) is 0 Å². The number of ether oxygens (including phenoxy) is 1. The molecule has 0 bridgehead atoms. The van der Waals surface area contributed by atoms with Crippen LogP contribution in [-0.4, -0.2) is 28.1 Å². The third-order valence-electron chi connectivity index (χ3n) is 5.13. The van der Waals surface area contributed by atoms with Crippen LogP contribution in [0.5, 0.6) is 5.88 Å². The molecule has 1 saturated carbocycles. The molecule has 168 valence electrons. The highest BCUT2D eigenvalue weighted by atomic mass is 19.4. The highest BCUT2D eigenvalue weighted by Crippen LogP contribution is 2.35. The molecule has 2 heterocycles. The van der Waals surface area contributed by atoms with Gasteiger partial charge in [-0.1, -0.05) is 12.1 Å². The molecule has 0 aliphatic heterocycles. The van der Waals surface area contributed by atoms with Gasteiger partial charge < -0.3 is 15.0 Å². The number of halogens is 4. The van der Waals surface area contributed by atoms with Crippen molar-refractivity contribution < 1.29 is 22.3 Å². The maximum absolute atomic E-state index is 15.3. The maximum atomic E-state index is 15.3. The summed E-state index contributed by atoms with van der Waals surface area (Å²) < 4.78 is 58.8. The van der Waals surface area contributed by atoms with Crippen LogP contribution in [0.4, 0.5) is 29.2 Å². The van der Waals surface area contributed by atoms with E-state index in [1.54, 1.807) is 23.2 Å². The molecule has 3 aromatic rings. The topological polar surface area (TPSA) is 63.2 Å². The van der Waals surface area contributed by atoms with E-state index in [1.807, 2.05) is 0 Å². The van der Waals surface area contributed by atoms with E-state index < -0.39 is 17.6 Å². The average Bonchev–Trinajstić information content (AvgIpc) is 3.62. The van der Waals surface area contributed by atoms with Crippen molar-refractivity contribution >= 4 is 11.6 Å². The van der Waals surface area contributed by atoms with Crippen LogP contribution in [0.1, 0.15) is 29.5 Å². The standard InChI is InChI=1S/C22H21F4N5O/c1-32-18-10-15(8-9-27-18)11-28-20-19(23)21(30-13-29-20)31(17-6-7-17)12-14-2-4-16(5-3-14)22(24,25)26/h2-5,8-10,13,17H,6-7,11-12H2,1H3,(H,28,29,30). The van der Waals surface area contributed by atoms with Gasteiger partial charge in [0.15, 0.2) is 11.6 Å². The number of methoxy groups -OCH3 is 1. The lowest BCUT2D eigenvalue weighted by molar-refractivity contribution is -0.137. The first-order valence-electron chi connectivity index (χ1n) is 10.0. The summed E-state index contributed by atoms with van der Waals surface area (Å²) in [5.41, 5.74) is 0.758. The Bertz CT molecular complexity index is 1070. The van der Waals surface area contributed by atoms with Crippen LogP contribution in [0.15, 0.2) is 48.9 Å². The summed E-state index contributed by atoms with van der Waals surface area (Å²) in [6.07, 6.45) is 0.201. The Morgan fingerprint density at radius 2 is 1.81 bits per heavy atom. The fourth-order valence-electron chi connectivity index (χ4n) is 3.30. The summed E-state index contributed by atoms with van der Waals surface area (Å²) in [7, 11) is 1.51. The van der Waals surface area contributed by atoms with Crippen molar-refractivity contribution in [2.45, 2.75) is 38.1 Å². The van der Waals surface area contributed by atoms with E-state index in [0.717, 1.165) is 30.5 Å². The lowest BCUT2D eigenvalue weighted by atomic mass is 10.1. The lowest BCUT2D eigenvalue weighted by Crippen LogP contribution is -2.27. The fraction of sp³-hybridized carbons (Fsp3) is 0.318. The molecule has 10 heteroatoms. The number of nitrogens with zero attached hydrogens (tertiary/aromatic N) is 4. The van der Waals surface area contributed by atoms with E-state index in [2.05, 4.69) is 20.3 Å². The molecule has 0 radical (unpaired) electrons. The number of rotatable bonds is 8. The zero-order chi connectivity index (χ0) is 22.7. The molecule has 1 aromatic carbocycles. The number of nitrogens with one attached hydrogen (secondary N) is 1. The lowest BCUT2D eigenvalue weighted by Gasteiger charge is -2.24. The van der Waals surface area contributed by atoms with E-state index >= 15 is 4.39 Å². The van der Waals surface area contributed by atoms with Gasteiger partial charge in [-0.25, -0.2) is 15.0 Å². The van der Waals surface area contributed by atoms with Gasteiger partial charge >= 0.3 is 6.18 Å². The Labute approximate surface area is 182 Å². The molecule has 1 aliphatic rings. The third-order valence-corrected chi connectivity index (χ3v) is 5.13. The monoisotopic (exact) mass is 447 g/mol. The first-order chi connectivity index (χ1) is 15.3. The van der Waals surface area contributed by atoms with Gasteiger partial charge in [0.25, 0.3) is 0 Å². The quantitative estimate of drug-likeness (QED) is 0.500. The average molecular weight is 447 g/mol. The number of pyridine rings is 1. The second-order valence-electron chi connectivity index (χ2n) is 7.47. The molecule has 0 atom stereocenters. The first-order valence-corrected chi connectivity index (χ1v) is 10.0. The SMILES string of the molecule is COc1cc(CNc2ncnc(N(Cc3ccc(C(F)(F)F)cc3)C3CC3)c2F)ccn1. The number of benzene rings is 1. The molecular formula is C22H21F4N5O. The number of alkyl halides is 3. The minimum atomic E-state index is -4.40. The van der Waals surface area contributed by atoms with Gasteiger partial charge in [-0.3, -0.25) is 0 Å². The number of hydrogen-bond acceptors (Lipinski definition) is 6. The number of hydrogen-bond donors (Lipinski definition) is 1. The van der Waals surface area contributed by atoms with Crippen molar-refractivity contribution in [3.8, 4) is 5.88 Å². The van der Waals surface area contributed by atoms with Crippen molar-refractivity contribution in [3.05, 3.63) is 71.4 Å². The van der Waals surface area contributed by atoms with Crippen molar-refractivity contribution in [3.63, 3.8) is 0 Å². The van der Waals surface area contributed by atoms with E-state index in [1.165, 1.54) is 25.6 Å². The molecule has 0 saturated heterocycles. The number of aromatic nitrogens is 3. The summed E-state index contributed by atoms with van der Waals surface area (Å²) in [5, 5.41) is 2.96. The molecule has 1 N–H and O–H groups in total. The van der Waals surface area contributed by atoms with Gasteiger partial charge in [-0.2, -0.15) is 17.6 Å². The largest absolute Gasteiger partial charge is 0.481 e. The molecule has 4 rings (SSSR count). The van der Waals surface area contributed by atoms with Crippen molar-refractivity contribution in [2.75, 3.05) is 17.3 Å². The van der Waals surface area contributed by atoms with Crippen LogP contribution in [0.3, 0.4) is 0 Å². The molecule has 32 heavy (non-hydrogen) atoms. The van der Waals surface area contributed by atoms with Gasteiger partial charge in [-0.05, 0) is 42.2 Å². The van der Waals surface area contributed by atoms with Crippen LogP contribution < -0.4 is 15.0 Å². The molecule has 0 amide bonds. The molecule has 1 fully saturated rings. The molecule has 1 aliphatic carbocycles. The smallest absolute Gasteiger partial charge is 0.416 e. The molecular weight excluding hydrogens is 426 g/mol. The van der Waals surface area contributed by atoms with Gasteiger partial charge in [0.2, 0.25) is 11.7 Å². The van der Waals surface area contributed by atoms with E-state index in [4.69, 9.17) is 4.74 Å². The van der Waals surface area contributed by atoms with E-state index in [0.29, 0.717) is 18.0 Å². The van der Waals surface area contributed by atoms with Crippen LogP contribution >= 0.6 is 0 Å². The van der Waals surface area contributed by atoms with Crippen LogP contribution in [-0.2, 0) is 19.3 Å². The highest BCUT2D eigenvalue weighted by Gasteiger charge is 2.33. The minimum absolute atomic E-state index is 0.0452.